The average Bonchev–Trinajstić information content (AvgIpc) is 1.80. The van der Waals surface area contributed by atoms with Crippen molar-refractivity contribution in [3.05, 3.63) is 12.2 Å². The van der Waals surface area contributed by atoms with Crippen LogP contribution in [0, 0.1) is 5.92 Å². The van der Waals surface area contributed by atoms with Crippen LogP contribution in [0.1, 0.15) is 13.8 Å². The van der Waals surface area contributed by atoms with Gasteiger partial charge in [0.2, 0.25) is 0 Å². The number of alkyl halides is 3. The standard InChI is InChI=1S/C7H9F3O/c1-5(2)3-4-6(11)7(8,9)10/h3-5H,1-2H3. The Kier molecular flexibility index (Phi) is 3.29. The highest BCUT2D eigenvalue weighted by Crippen LogP contribution is 2.16. The molecule has 0 N–H and O–H groups in total. The van der Waals surface area contributed by atoms with Crippen molar-refractivity contribution >= 4 is 5.78 Å². The lowest BCUT2D eigenvalue weighted by atomic mass is 10.2. The molecule has 0 fully saturated rings. The van der Waals surface area contributed by atoms with Crippen molar-refractivity contribution in [1.29, 1.82) is 0 Å². The molecule has 64 valence electrons. The van der Waals surface area contributed by atoms with Gasteiger partial charge in [0.25, 0.3) is 5.78 Å². The summed E-state index contributed by atoms with van der Waals surface area (Å²) in [6, 6.07) is 0. The molecule has 0 amide bonds. The lowest BCUT2D eigenvalue weighted by molar-refractivity contribution is -0.165. The second-order valence-electron chi connectivity index (χ2n) is 2.47. The van der Waals surface area contributed by atoms with Gasteiger partial charge in [-0.2, -0.15) is 13.2 Å². The Morgan fingerprint density at radius 3 is 2.09 bits per heavy atom. The van der Waals surface area contributed by atoms with Gasteiger partial charge in [-0.05, 0) is 12.0 Å². The minimum absolute atomic E-state index is 0.0405. The van der Waals surface area contributed by atoms with Crippen LogP contribution in [-0.4, -0.2) is 12.0 Å². The van der Waals surface area contributed by atoms with Crippen molar-refractivity contribution in [2.75, 3.05) is 0 Å². The molecule has 0 aromatic rings. The summed E-state index contributed by atoms with van der Waals surface area (Å²) in [5.74, 6) is -1.84. The van der Waals surface area contributed by atoms with Crippen LogP contribution in [0.25, 0.3) is 0 Å². The van der Waals surface area contributed by atoms with Gasteiger partial charge in [-0.15, -0.1) is 0 Å². The first-order valence-electron chi connectivity index (χ1n) is 3.13. The lowest BCUT2D eigenvalue weighted by Crippen LogP contribution is -2.20. The van der Waals surface area contributed by atoms with Crippen molar-refractivity contribution in [1.82, 2.24) is 0 Å². The first-order valence-corrected chi connectivity index (χ1v) is 3.13. The van der Waals surface area contributed by atoms with Gasteiger partial charge >= 0.3 is 6.18 Å². The Labute approximate surface area is 62.9 Å². The Bertz CT molecular complexity index is 167. The molecule has 11 heavy (non-hydrogen) atoms. The molecular formula is C7H9F3O. The lowest BCUT2D eigenvalue weighted by Gasteiger charge is -1.99. The van der Waals surface area contributed by atoms with E-state index in [2.05, 4.69) is 0 Å². The van der Waals surface area contributed by atoms with Crippen molar-refractivity contribution in [2.45, 2.75) is 20.0 Å². The van der Waals surface area contributed by atoms with Crippen LogP contribution in [0.15, 0.2) is 12.2 Å². The number of ketones is 1. The number of rotatable bonds is 2. The third-order valence-corrected chi connectivity index (χ3v) is 0.912. The van der Waals surface area contributed by atoms with E-state index in [1.807, 2.05) is 0 Å². The molecule has 0 aliphatic carbocycles. The molecule has 0 aromatic heterocycles. The molecule has 0 spiro atoms. The van der Waals surface area contributed by atoms with Crippen LogP contribution in [0.4, 0.5) is 13.2 Å². The summed E-state index contributed by atoms with van der Waals surface area (Å²) in [5.41, 5.74) is 0. The minimum atomic E-state index is -4.73. The summed E-state index contributed by atoms with van der Waals surface area (Å²) in [6.07, 6.45) is -2.95. The van der Waals surface area contributed by atoms with E-state index < -0.39 is 12.0 Å². The molecule has 0 aromatic carbocycles. The molecule has 0 saturated heterocycles. The zero-order chi connectivity index (χ0) is 9.07. The summed E-state index contributed by atoms with van der Waals surface area (Å²) in [5, 5.41) is 0. The largest absolute Gasteiger partial charge is 0.454 e. The van der Waals surface area contributed by atoms with E-state index in [1.54, 1.807) is 13.8 Å². The normalized spacial score (nSPS) is 12.9. The first-order chi connectivity index (χ1) is 4.84. The van der Waals surface area contributed by atoms with Gasteiger partial charge in [0.05, 0.1) is 0 Å². The van der Waals surface area contributed by atoms with Gasteiger partial charge in [-0.1, -0.05) is 19.9 Å². The van der Waals surface area contributed by atoms with Crippen LogP contribution in [-0.2, 0) is 4.79 Å². The van der Waals surface area contributed by atoms with Crippen molar-refractivity contribution in [3.8, 4) is 0 Å². The summed E-state index contributed by atoms with van der Waals surface area (Å²) >= 11 is 0. The van der Waals surface area contributed by atoms with Crippen LogP contribution < -0.4 is 0 Å². The zero-order valence-electron chi connectivity index (χ0n) is 6.27. The van der Waals surface area contributed by atoms with Gasteiger partial charge < -0.3 is 0 Å². The third-order valence-electron chi connectivity index (χ3n) is 0.912. The number of halogens is 3. The number of allylic oxidation sites excluding steroid dienone is 2. The molecule has 0 atom stereocenters. The Morgan fingerprint density at radius 2 is 1.82 bits per heavy atom. The molecule has 0 aliphatic heterocycles. The fourth-order valence-corrected chi connectivity index (χ4v) is 0.374. The SMILES string of the molecule is CC(C)C=CC(=O)C(F)(F)F. The molecule has 1 nitrogen and oxygen atoms in total. The van der Waals surface area contributed by atoms with E-state index in [0.29, 0.717) is 6.08 Å². The average molecular weight is 166 g/mol. The molecule has 0 aliphatic rings. The third kappa shape index (κ3) is 4.58. The van der Waals surface area contributed by atoms with Crippen LogP contribution >= 0.6 is 0 Å². The monoisotopic (exact) mass is 166 g/mol. The van der Waals surface area contributed by atoms with Gasteiger partial charge in [-0.25, -0.2) is 0 Å². The minimum Gasteiger partial charge on any atom is -0.285 e. The van der Waals surface area contributed by atoms with Crippen molar-refractivity contribution in [2.24, 2.45) is 5.92 Å². The molecule has 0 saturated carbocycles. The van der Waals surface area contributed by atoms with Gasteiger partial charge in [0.15, 0.2) is 0 Å². The number of carbonyl (C=O) groups excluding carboxylic acids is 1. The van der Waals surface area contributed by atoms with Crippen molar-refractivity contribution < 1.29 is 18.0 Å². The smallest absolute Gasteiger partial charge is 0.285 e. The summed E-state index contributed by atoms with van der Waals surface area (Å²) in [4.78, 5) is 10.2. The van der Waals surface area contributed by atoms with E-state index in [9.17, 15) is 18.0 Å². The highest BCUT2D eigenvalue weighted by Gasteiger charge is 2.35. The Hall–Kier alpha value is -0.800. The quantitative estimate of drug-likeness (QED) is 0.575. The first kappa shape index (κ1) is 10.2. The van der Waals surface area contributed by atoms with E-state index in [-0.39, 0.29) is 5.92 Å². The highest BCUT2D eigenvalue weighted by atomic mass is 19.4. The number of hydrogen-bond acceptors (Lipinski definition) is 1. The fourth-order valence-electron chi connectivity index (χ4n) is 0.374. The maximum atomic E-state index is 11.5. The summed E-state index contributed by atoms with van der Waals surface area (Å²) in [7, 11) is 0. The second kappa shape index (κ2) is 3.55. The summed E-state index contributed by atoms with van der Waals surface area (Å²) < 4.78 is 34.5. The second-order valence-corrected chi connectivity index (χ2v) is 2.47. The Balaban J connectivity index is 4.09. The van der Waals surface area contributed by atoms with Crippen LogP contribution in [0.5, 0.6) is 0 Å². The number of carbonyl (C=O) groups is 1. The maximum Gasteiger partial charge on any atom is 0.454 e. The highest BCUT2D eigenvalue weighted by molar-refractivity contribution is 5.94. The topological polar surface area (TPSA) is 17.1 Å². The van der Waals surface area contributed by atoms with Crippen LogP contribution in [0.3, 0.4) is 0 Å². The predicted molar refractivity (Wildman–Crippen MR) is 35.0 cm³/mol. The van der Waals surface area contributed by atoms with Crippen molar-refractivity contribution in [3.63, 3.8) is 0 Å². The van der Waals surface area contributed by atoms with Gasteiger partial charge in [0.1, 0.15) is 0 Å². The van der Waals surface area contributed by atoms with E-state index >= 15 is 0 Å². The van der Waals surface area contributed by atoms with E-state index in [4.69, 9.17) is 0 Å². The van der Waals surface area contributed by atoms with Crippen LogP contribution in [0.2, 0.25) is 0 Å². The molecule has 4 heteroatoms. The fraction of sp³-hybridized carbons (Fsp3) is 0.571. The molecule has 0 radical (unpaired) electrons. The summed E-state index contributed by atoms with van der Waals surface area (Å²) in [6.45, 7) is 3.39. The van der Waals surface area contributed by atoms with Gasteiger partial charge in [0, 0.05) is 0 Å². The van der Waals surface area contributed by atoms with E-state index in [0.717, 1.165) is 0 Å². The number of hydrogen-bond donors (Lipinski definition) is 0. The maximum absolute atomic E-state index is 11.5. The van der Waals surface area contributed by atoms with E-state index in [1.165, 1.54) is 6.08 Å². The molecule has 0 unspecified atom stereocenters. The Morgan fingerprint density at radius 1 is 1.36 bits per heavy atom. The van der Waals surface area contributed by atoms with Gasteiger partial charge in [-0.3, -0.25) is 4.79 Å². The zero-order valence-corrected chi connectivity index (χ0v) is 6.27. The molecule has 0 bridgehead atoms. The predicted octanol–water partition coefficient (Wildman–Crippen LogP) is 2.33. The molecular weight excluding hydrogens is 157 g/mol. The molecule has 0 heterocycles. The molecule has 0 rings (SSSR count).